The molecule has 2 rings (SSSR count). The molecule has 0 atom stereocenters. The molecule has 1 aromatic heterocycles. The van der Waals surface area contributed by atoms with E-state index in [0.717, 1.165) is 18.9 Å². The summed E-state index contributed by atoms with van der Waals surface area (Å²) in [6.07, 6.45) is 6.53. The molecule has 1 aliphatic rings. The molecule has 23 heavy (non-hydrogen) atoms. The van der Waals surface area contributed by atoms with Gasteiger partial charge in [0.2, 0.25) is 5.95 Å². The van der Waals surface area contributed by atoms with Gasteiger partial charge < -0.3 is 15.0 Å². The molecule has 128 valence electrons. The predicted octanol–water partition coefficient (Wildman–Crippen LogP) is 2.50. The van der Waals surface area contributed by atoms with Crippen LogP contribution in [0, 0.1) is 12.8 Å². The standard InChI is InChI=1S/C17H28N4O2/c1-4-23-16(22)15-12-19-17(20-13(15)2)18-9-5-6-14-7-10-21(3)11-8-14/h12,14H,4-11H2,1-3H3,(H,18,19,20). The number of nitrogens with zero attached hydrogens (tertiary/aromatic N) is 3. The number of aryl methyl sites for hydroxylation is 1. The number of piperidine rings is 1. The number of carbonyl (C=O) groups is 1. The lowest BCUT2D eigenvalue weighted by Gasteiger charge is -2.28. The van der Waals surface area contributed by atoms with Crippen LogP contribution in [0.3, 0.4) is 0 Å². The molecule has 1 aliphatic heterocycles. The lowest BCUT2D eigenvalue weighted by Crippen LogP contribution is -2.30. The monoisotopic (exact) mass is 320 g/mol. The number of anilines is 1. The summed E-state index contributed by atoms with van der Waals surface area (Å²) in [5, 5.41) is 3.25. The molecule has 0 amide bonds. The molecule has 1 fully saturated rings. The number of rotatable bonds is 7. The van der Waals surface area contributed by atoms with Crippen molar-refractivity contribution >= 4 is 11.9 Å². The van der Waals surface area contributed by atoms with Crippen LogP contribution in [0.5, 0.6) is 0 Å². The minimum absolute atomic E-state index is 0.356. The number of aromatic nitrogens is 2. The summed E-state index contributed by atoms with van der Waals surface area (Å²) in [5.74, 6) is 1.07. The zero-order valence-electron chi connectivity index (χ0n) is 14.5. The van der Waals surface area contributed by atoms with Crippen LogP contribution in [0.25, 0.3) is 0 Å². The summed E-state index contributed by atoms with van der Waals surface area (Å²) in [4.78, 5) is 22.7. The molecule has 1 saturated heterocycles. The van der Waals surface area contributed by atoms with Gasteiger partial charge >= 0.3 is 5.97 Å². The van der Waals surface area contributed by atoms with Crippen LogP contribution in [0.1, 0.15) is 48.7 Å². The lowest BCUT2D eigenvalue weighted by molar-refractivity contribution is 0.0524. The fourth-order valence-corrected chi connectivity index (χ4v) is 2.90. The third-order valence-electron chi connectivity index (χ3n) is 4.39. The number of hydrogen-bond donors (Lipinski definition) is 1. The highest BCUT2D eigenvalue weighted by molar-refractivity contribution is 5.90. The fraction of sp³-hybridized carbons (Fsp3) is 0.706. The smallest absolute Gasteiger partial charge is 0.341 e. The molecule has 0 bridgehead atoms. The first-order valence-corrected chi connectivity index (χ1v) is 8.53. The van der Waals surface area contributed by atoms with Crippen molar-refractivity contribution in [3.8, 4) is 0 Å². The maximum atomic E-state index is 11.7. The topological polar surface area (TPSA) is 67.3 Å². The van der Waals surface area contributed by atoms with Gasteiger partial charge in [0.1, 0.15) is 0 Å². The number of esters is 1. The van der Waals surface area contributed by atoms with E-state index in [2.05, 4.69) is 27.2 Å². The van der Waals surface area contributed by atoms with Crippen LogP contribution < -0.4 is 5.32 Å². The van der Waals surface area contributed by atoms with E-state index in [9.17, 15) is 4.79 Å². The highest BCUT2D eigenvalue weighted by atomic mass is 16.5. The highest BCUT2D eigenvalue weighted by Gasteiger charge is 2.16. The van der Waals surface area contributed by atoms with Crippen LogP contribution in [0.4, 0.5) is 5.95 Å². The van der Waals surface area contributed by atoms with Crippen LogP contribution in [-0.4, -0.2) is 54.1 Å². The Morgan fingerprint density at radius 3 is 2.83 bits per heavy atom. The van der Waals surface area contributed by atoms with Crippen molar-refractivity contribution < 1.29 is 9.53 Å². The van der Waals surface area contributed by atoms with Gasteiger partial charge in [-0.15, -0.1) is 0 Å². The van der Waals surface area contributed by atoms with Gasteiger partial charge in [-0.3, -0.25) is 0 Å². The second kappa shape index (κ2) is 8.82. The van der Waals surface area contributed by atoms with E-state index in [1.54, 1.807) is 20.0 Å². The Morgan fingerprint density at radius 2 is 2.17 bits per heavy atom. The normalized spacial score (nSPS) is 16.3. The van der Waals surface area contributed by atoms with E-state index in [0.29, 0.717) is 23.8 Å². The minimum Gasteiger partial charge on any atom is -0.462 e. The van der Waals surface area contributed by atoms with Crippen LogP contribution >= 0.6 is 0 Å². The molecule has 6 nitrogen and oxygen atoms in total. The van der Waals surface area contributed by atoms with Gasteiger partial charge in [-0.2, -0.15) is 0 Å². The predicted molar refractivity (Wildman–Crippen MR) is 90.7 cm³/mol. The molecule has 2 heterocycles. The van der Waals surface area contributed by atoms with E-state index in [1.807, 2.05) is 0 Å². The summed E-state index contributed by atoms with van der Waals surface area (Å²) < 4.78 is 4.98. The second-order valence-corrected chi connectivity index (χ2v) is 6.23. The average Bonchev–Trinajstić information content (AvgIpc) is 2.53. The van der Waals surface area contributed by atoms with Crippen molar-refractivity contribution in [1.29, 1.82) is 0 Å². The lowest BCUT2D eigenvalue weighted by atomic mass is 9.92. The van der Waals surface area contributed by atoms with E-state index < -0.39 is 0 Å². The zero-order valence-corrected chi connectivity index (χ0v) is 14.5. The van der Waals surface area contributed by atoms with Crippen molar-refractivity contribution in [2.24, 2.45) is 5.92 Å². The zero-order chi connectivity index (χ0) is 16.7. The maximum absolute atomic E-state index is 11.7. The Labute approximate surface area is 138 Å². The highest BCUT2D eigenvalue weighted by Crippen LogP contribution is 2.20. The Hall–Kier alpha value is -1.69. The summed E-state index contributed by atoms with van der Waals surface area (Å²) >= 11 is 0. The van der Waals surface area contributed by atoms with Crippen molar-refractivity contribution in [1.82, 2.24) is 14.9 Å². The van der Waals surface area contributed by atoms with Crippen molar-refractivity contribution in [3.05, 3.63) is 17.5 Å². The summed E-state index contributed by atoms with van der Waals surface area (Å²) in [5.41, 5.74) is 1.08. The number of ether oxygens (including phenoxy) is 1. The number of nitrogens with one attached hydrogen (secondary N) is 1. The van der Waals surface area contributed by atoms with E-state index in [4.69, 9.17) is 4.74 Å². The van der Waals surface area contributed by atoms with Gasteiger partial charge in [-0.1, -0.05) is 0 Å². The first-order valence-electron chi connectivity index (χ1n) is 8.53. The van der Waals surface area contributed by atoms with Gasteiger partial charge in [-0.25, -0.2) is 14.8 Å². The Kier molecular flexibility index (Phi) is 6.77. The van der Waals surface area contributed by atoms with E-state index in [1.165, 1.54) is 32.4 Å². The number of hydrogen-bond acceptors (Lipinski definition) is 6. The van der Waals surface area contributed by atoms with Gasteiger partial charge in [0.15, 0.2) is 0 Å². The summed E-state index contributed by atoms with van der Waals surface area (Å²) in [6, 6.07) is 0. The van der Waals surface area contributed by atoms with Crippen molar-refractivity contribution in [2.75, 3.05) is 38.6 Å². The molecule has 1 N–H and O–H groups in total. The fourth-order valence-electron chi connectivity index (χ4n) is 2.90. The maximum Gasteiger partial charge on any atom is 0.341 e. The molecular weight excluding hydrogens is 292 g/mol. The first-order chi connectivity index (χ1) is 11.1. The van der Waals surface area contributed by atoms with Crippen molar-refractivity contribution in [3.63, 3.8) is 0 Å². The number of carbonyl (C=O) groups excluding carboxylic acids is 1. The van der Waals surface area contributed by atoms with Crippen LogP contribution in [0.15, 0.2) is 6.20 Å². The minimum atomic E-state index is -0.362. The second-order valence-electron chi connectivity index (χ2n) is 6.23. The first kappa shape index (κ1) is 17.7. The quantitative estimate of drug-likeness (QED) is 0.615. The molecule has 0 aromatic carbocycles. The SMILES string of the molecule is CCOC(=O)c1cnc(NCCCC2CCN(C)CC2)nc1C. The molecule has 0 radical (unpaired) electrons. The van der Waals surface area contributed by atoms with E-state index in [-0.39, 0.29) is 5.97 Å². The Morgan fingerprint density at radius 1 is 1.43 bits per heavy atom. The summed E-state index contributed by atoms with van der Waals surface area (Å²) in [7, 11) is 2.19. The van der Waals surface area contributed by atoms with Gasteiger partial charge in [-0.05, 0) is 65.6 Å². The van der Waals surface area contributed by atoms with Crippen LogP contribution in [0.2, 0.25) is 0 Å². The molecule has 0 spiro atoms. The molecule has 0 aliphatic carbocycles. The largest absolute Gasteiger partial charge is 0.462 e. The molecule has 0 unspecified atom stereocenters. The molecule has 6 heteroatoms. The van der Waals surface area contributed by atoms with Gasteiger partial charge in [0, 0.05) is 12.7 Å². The molecule has 1 aromatic rings. The average molecular weight is 320 g/mol. The van der Waals surface area contributed by atoms with Gasteiger partial charge in [0.05, 0.1) is 17.9 Å². The van der Waals surface area contributed by atoms with Crippen molar-refractivity contribution in [2.45, 2.75) is 39.5 Å². The Bertz CT molecular complexity index is 513. The number of likely N-dealkylation sites (tertiary alicyclic amines) is 1. The van der Waals surface area contributed by atoms with Crippen LogP contribution in [-0.2, 0) is 4.74 Å². The molecule has 0 saturated carbocycles. The third-order valence-corrected chi connectivity index (χ3v) is 4.39. The van der Waals surface area contributed by atoms with Gasteiger partial charge in [0.25, 0.3) is 0 Å². The summed E-state index contributed by atoms with van der Waals surface area (Å²) in [6.45, 7) is 7.25. The van der Waals surface area contributed by atoms with E-state index >= 15 is 0 Å². The Balaban J connectivity index is 1.73. The molecular formula is C17H28N4O2. The third kappa shape index (κ3) is 5.46.